The van der Waals surface area contributed by atoms with Crippen LogP contribution >= 0.6 is 0 Å². The van der Waals surface area contributed by atoms with Crippen molar-refractivity contribution in [2.45, 2.75) is 65.0 Å². The summed E-state index contributed by atoms with van der Waals surface area (Å²) in [5, 5.41) is 3.46. The van der Waals surface area contributed by atoms with Crippen molar-refractivity contribution in [2.75, 3.05) is 39.8 Å². The molecule has 5 rings (SSSR count). The molecule has 1 heterocycles. The fourth-order valence-corrected chi connectivity index (χ4v) is 7.58. The van der Waals surface area contributed by atoms with Crippen LogP contribution in [0.2, 0.25) is 0 Å². The Labute approximate surface area is 214 Å². The van der Waals surface area contributed by atoms with Crippen molar-refractivity contribution < 1.29 is 14.2 Å². The molecule has 0 spiro atoms. The molecule has 2 aromatic rings. The molecule has 2 aliphatic carbocycles. The summed E-state index contributed by atoms with van der Waals surface area (Å²) >= 11 is 0. The first-order valence-corrected chi connectivity index (χ1v) is 13.1. The molecule has 2 bridgehead atoms. The molecule has 194 valence electrons. The number of fused-ring (bicyclic) bond motifs is 5. The van der Waals surface area contributed by atoms with Crippen LogP contribution in [0.3, 0.4) is 0 Å². The molecule has 1 saturated heterocycles. The van der Waals surface area contributed by atoms with E-state index in [-0.39, 0.29) is 16.9 Å². The van der Waals surface area contributed by atoms with E-state index in [1.165, 1.54) is 6.42 Å². The molecule has 1 aliphatic heterocycles. The molecule has 3 aliphatic rings. The number of methoxy groups -OCH3 is 3. The highest BCUT2D eigenvalue weighted by molar-refractivity contribution is 5.83. The van der Waals surface area contributed by atoms with Crippen molar-refractivity contribution >= 4 is 5.69 Å². The number of nitrogens with zero attached hydrogens (tertiary/aromatic N) is 1. The molecule has 6 heteroatoms. The lowest BCUT2D eigenvalue weighted by Gasteiger charge is -2.39. The van der Waals surface area contributed by atoms with Gasteiger partial charge in [-0.2, -0.15) is 0 Å². The predicted octanol–water partition coefficient (Wildman–Crippen LogP) is 5.35. The van der Waals surface area contributed by atoms with E-state index in [9.17, 15) is 4.79 Å². The van der Waals surface area contributed by atoms with Gasteiger partial charge in [-0.25, -0.2) is 0 Å². The van der Waals surface area contributed by atoms with E-state index in [2.05, 4.69) is 49.2 Å². The summed E-state index contributed by atoms with van der Waals surface area (Å²) in [7, 11) is 6.91. The monoisotopic (exact) mass is 492 g/mol. The van der Waals surface area contributed by atoms with Crippen LogP contribution < -0.4 is 29.9 Å². The van der Waals surface area contributed by atoms with Gasteiger partial charge in [-0.1, -0.05) is 26.8 Å². The Balaban J connectivity index is 1.72. The molecule has 1 saturated carbocycles. The molecule has 0 aromatic heterocycles. The lowest BCUT2D eigenvalue weighted by molar-refractivity contribution is 0.136. The number of hydrogen-bond donors (Lipinski definition) is 1. The second kappa shape index (κ2) is 8.98. The van der Waals surface area contributed by atoms with Crippen molar-refractivity contribution in [2.24, 2.45) is 10.8 Å². The molecular weight excluding hydrogens is 452 g/mol. The third kappa shape index (κ3) is 4.03. The van der Waals surface area contributed by atoms with E-state index in [4.69, 9.17) is 14.2 Å². The van der Waals surface area contributed by atoms with Gasteiger partial charge in [-0.05, 0) is 84.9 Å². The minimum Gasteiger partial charge on any atom is -0.493 e. The number of ether oxygens (including phenoxy) is 3. The molecule has 6 nitrogen and oxygen atoms in total. The van der Waals surface area contributed by atoms with E-state index in [1.54, 1.807) is 21.3 Å². The number of nitrogens with one attached hydrogen (secondary N) is 1. The van der Waals surface area contributed by atoms with Crippen LogP contribution in [0.5, 0.6) is 17.2 Å². The van der Waals surface area contributed by atoms with E-state index < -0.39 is 0 Å². The van der Waals surface area contributed by atoms with Crippen molar-refractivity contribution in [3.05, 3.63) is 45.6 Å². The minimum atomic E-state index is 0.0521. The number of rotatable bonds is 5. The summed E-state index contributed by atoms with van der Waals surface area (Å²) in [5.74, 6) is 1.88. The molecule has 1 N–H and O–H groups in total. The molecule has 0 unspecified atom stereocenters. The zero-order chi connectivity index (χ0) is 25.8. The maximum absolute atomic E-state index is 13.9. The summed E-state index contributed by atoms with van der Waals surface area (Å²) in [5.41, 5.74) is 5.58. The van der Waals surface area contributed by atoms with Crippen LogP contribution in [0.4, 0.5) is 5.69 Å². The Morgan fingerprint density at radius 1 is 1.00 bits per heavy atom. The van der Waals surface area contributed by atoms with Crippen LogP contribution in [0.15, 0.2) is 29.1 Å². The maximum atomic E-state index is 13.9. The van der Waals surface area contributed by atoms with Crippen LogP contribution in [-0.2, 0) is 6.42 Å². The van der Waals surface area contributed by atoms with Crippen LogP contribution in [0, 0.1) is 10.8 Å². The molecule has 36 heavy (non-hydrogen) atoms. The number of anilines is 1. The first-order chi connectivity index (χ1) is 17.1. The van der Waals surface area contributed by atoms with Crippen molar-refractivity contribution in [3.63, 3.8) is 0 Å². The topological polar surface area (TPSA) is 60.0 Å². The van der Waals surface area contributed by atoms with Gasteiger partial charge in [-0.3, -0.25) is 4.79 Å². The highest BCUT2D eigenvalue weighted by atomic mass is 16.5. The fourth-order valence-electron chi connectivity index (χ4n) is 7.58. The second-order valence-electron chi connectivity index (χ2n) is 12.0. The van der Waals surface area contributed by atoms with Gasteiger partial charge in [0.2, 0.25) is 11.2 Å². The second-order valence-corrected chi connectivity index (χ2v) is 12.0. The maximum Gasteiger partial charge on any atom is 0.203 e. The summed E-state index contributed by atoms with van der Waals surface area (Å²) in [6.07, 6.45) is 5.17. The van der Waals surface area contributed by atoms with E-state index in [0.29, 0.717) is 28.7 Å². The zero-order valence-electron chi connectivity index (χ0n) is 22.8. The highest BCUT2D eigenvalue weighted by Gasteiger charge is 2.50. The molecular formula is C30H40N2O4. The van der Waals surface area contributed by atoms with Gasteiger partial charge in [-0.15, -0.1) is 0 Å². The lowest BCUT2D eigenvalue weighted by Crippen LogP contribution is -2.35. The third-order valence-corrected chi connectivity index (χ3v) is 8.59. The van der Waals surface area contributed by atoms with E-state index in [0.717, 1.165) is 60.2 Å². The summed E-state index contributed by atoms with van der Waals surface area (Å²) < 4.78 is 17.3. The lowest BCUT2D eigenvalue weighted by atomic mass is 9.65. The molecule has 0 radical (unpaired) electrons. The predicted molar refractivity (Wildman–Crippen MR) is 145 cm³/mol. The standard InChI is InChI=1S/C30H40N2O4/c1-29(2)14-19-15-30(3,16-29)17-32(19)23-11-9-20-21(13-24(23)33)22(31-4)10-8-18-12-25(34-5)27(35-6)28(36-7)26(18)20/h9,11-13,19,22,31H,8,10,14-17H2,1-7H3/t19-,22-,30+/m0/s1. The van der Waals surface area contributed by atoms with E-state index in [1.807, 2.05) is 13.1 Å². The normalized spacial score (nSPS) is 26.0. The number of benzene rings is 1. The Morgan fingerprint density at radius 3 is 2.42 bits per heavy atom. The Kier molecular flexibility index (Phi) is 6.22. The van der Waals surface area contributed by atoms with Crippen LogP contribution in [0.25, 0.3) is 11.1 Å². The molecule has 0 amide bonds. The Morgan fingerprint density at radius 2 is 1.75 bits per heavy atom. The van der Waals surface area contributed by atoms with E-state index >= 15 is 0 Å². The average molecular weight is 493 g/mol. The molecule has 3 atom stereocenters. The number of aryl methyl sites for hydroxylation is 1. The van der Waals surface area contributed by atoms with Gasteiger partial charge < -0.3 is 24.4 Å². The largest absolute Gasteiger partial charge is 0.493 e. The first kappa shape index (κ1) is 24.9. The Hall–Kier alpha value is -2.73. The Bertz CT molecular complexity index is 1240. The zero-order valence-corrected chi connectivity index (χ0v) is 22.8. The summed E-state index contributed by atoms with van der Waals surface area (Å²) in [4.78, 5) is 16.3. The highest BCUT2D eigenvalue weighted by Crippen LogP contribution is 2.54. The van der Waals surface area contributed by atoms with Crippen LogP contribution in [0.1, 0.15) is 63.6 Å². The van der Waals surface area contributed by atoms with Gasteiger partial charge in [0.15, 0.2) is 11.5 Å². The van der Waals surface area contributed by atoms with Gasteiger partial charge in [0.05, 0.1) is 27.0 Å². The molecule has 2 aromatic carbocycles. The fraction of sp³-hybridized carbons (Fsp3) is 0.567. The SMILES string of the molecule is CN[C@H]1CCc2cc(OC)c(OC)c(OC)c2-c2ccc(N3C[C@]4(C)C[C@@H]3CC(C)(C)C4)c(=O)cc21. The summed E-state index contributed by atoms with van der Waals surface area (Å²) in [6, 6.07) is 8.56. The van der Waals surface area contributed by atoms with Crippen molar-refractivity contribution in [1.29, 1.82) is 0 Å². The molecule has 2 fully saturated rings. The smallest absolute Gasteiger partial charge is 0.203 e. The van der Waals surface area contributed by atoms with Gasteiger partial charge in [0.25, 0.3) is 0 Å². The third-order valence-electron chi connectivity index (χ3n) is 8.59. The van der Waals surface area contributed by atoms with Gasteiger partial charge in [0.1, 0.15) is 0 Å². The van der Waals surface area contributed by atoms with Crippen LogP contribution in [-0.4, -0.2) is 41.0 Å². The van der Waals surface area contributed by atoms with Crippen molar-refractivity contribution in [1.82, 2.24) is 5.32 Å². The van der Waals surface area contributed by atoms with Crippen molar-refractivity contribution in [3.8, 4) is 28.4 Å². The quantitative estimate of drug-likeness (QED) is 0.607. The summed E-state index contributed by atoms with van der Waals surface area (Å²) in [6.45, 7) is 8.07. The van der Waals surface area contributed by atoms with Gasteiger partial charge >= 0.3 is 0 Å². The first-order valence-electron chi connectivity index (χ1n) is 13.1. The minimum absolute atomic E-state index is 0.0521. The van der Waals surface area contributed by atoms with Gasteiger partial charge in [0, 0.05) is 24.2 Å². The average Bonchev–Trinajstić information content (AvgIpc) is 2.93. The number of hydrogen-bond acceptors (Lipinski definition) is 6.